The van der Waals surface area contributed by atoms with Gasteiger partial charge in [-0.1, -0.05) is 0 Å². The van der Waals surface area contributed by atoms with Crippen LogP contribution in [0.3, 0.4) is 0 Å². The Balaban J connectivity index is 2.44. The van der Waals surface area contributed by atoms with Gasteiger partial charge in [0.05, 0.1) is 16.8 Å². The van der Waals surface area contributed by atoms with Gasteiger partial charge in [-0.15, -0.1) is 4.73 Å². The first-order valence-corrected chi connectivity index (χ1v) is 6.53. The first kappa shape index (κ1) is 15.1. The van der Waals surface area contributed by atoms with Crippen LogP contribution in [0.15, 0.2) is 40.4 Å². The van der Waals surface area contributed by atoms with Gasteiger partial charge < -0.3 is 14.4 Å². The minimum Gasteiger partial charge on any atom is -0.333 e. The summed E-state index contributed by atoms with van der Waals surface area (Å²) in [5, 5.41) is 11.3. The van der Waals surface area contributed by atoms with Crippen molar-refractivity contribution in [2.75, 3.05) is 0 Å². The maximum atomic E-state index is 11.9. The van der Waals surface area contributed by atoms with Crippen LogP contribution in [0, 0.1) is 10.1 Å². The summed E-state index contributed by atoms with van der Waals surface area (Å²) in [4.78, 5) is 56.2. The number of hydrogen-bond donors (Lipinski definition) is 1. The van der Waals surface area contributed by atoms with E-state index in [0.717, 1.165) is 13.0 Å². The number of benzene rings is 1. The number of H-pyrrole nitrogens is 1. The molecule has 2 heterocycles. The Morgan fingerprint density at radius 3 is 2.71 bits per heavy atom. The van der Waals surface area contributed by atoms with E-state index in [1.165, 1.54) is 29.4 Å². The van der Waals surface area contributed by atoms with Gasteiger partial charge in [0.25, 0.3) is 5.69 Å². The number of nitro groups is 1. The lowest BCUT2D eigenvalue weighted by Crippen LogP contribution is -2.40. The van der Waals surface area contributed by atoms with E-state index < -0.39 is 22.0 Å². The lowest BCUT2D eigenvalue weighted by atomic mass is 10.2. The molecule has 3 rings (SSSR count). The number of nitro benzene ring substituents is 1. The van der Waals surface area contributed by atoms with Gasteiger partial charge in [-0.05, 0) is 6.07 Å². The van der Waals surface area contributed by atoms with E-state index in [1.54, 1.807) is 0 Å². The van der Waals surface area contributed by atoms with E-state index in [0.29, 0.717) is 4.73 Å². The molecule has 2 aromatic heterocycles. The molecular weight excluding hydrogens is 322 g/mol. The van der Waals surface area contributed by atoms with Gasteiger partial charge in [0.2, 0.25) is 0 Å². The van der Waals surface area contributed by atoms with Crippen LogP contribution in [0.2, 0.25) is 0 Å². The minimum atomic E-state index is -1.12. The Hall–Kier alpha value is -3.76. The molecule has 0 radical (unpaired) electrons. The standard InChI is InChI=1S/C13H9N5O6/c1-7(19)24-17-9-5-10(16-3-2-14-6-16)11(18(22)23)4-8(9)15-12(20)13(17)21/h2-6H,1H3,(H,15,20). The molecule has 3 aromatic rings. The van der Waals surface area contributed by atoms with Crippen molar-refractivity contribution in [3.05, 3.63) is 61.7 Å². The van der Waals surface area contributed by atoms with Crippen molar-refractivity contribution < 1.29 is 14.6 Å². The number of aromatic nitrogens is 4. The van der Waals surface area contributed by atoms with Gasteiger partial charge in [0.1, 0.15) is 11.2 Å². The summed E-state index contributed by atoms with van der Waals surface area (Å²) in [6, 6.07) is 2.32. The molecule has 0 atom stereocenters. The van der Waals surface area contributed by atoms with Crippen molar-refractivity contribution in [3.63, 3.8) is 0 Å². The fourth-order valence-corrected chi connectivity index (χ4v) is 2.19. The zero-order chi connectivity index (χ0) is 17.4. The van der Waals surface area contributed by atoms with Crippen LogP contribution in [0.25, 0.3) is 16.7 Å². The second-order valence-corrected chi connectivity index (χ2v) is 4.72. The number of nitrogens with one attached hydrogen (secondary N) is 1. The first-order chi connectivity index (χ1) is 11.4. The third-order valence-corrected chi connectivity index (χ3v) is 3.14. The molecule has 0 aliphatic heterocycles. The van der Waals surface area contributed by atoms with Crippen molar-refractivity contribution in [3.8, 4) is 5.69 Å². The van der Waals surface area contributed by atoms with Crippen LogP contribution in [-0.2, 0) is 4.79 Å². The number of rotatable bonds is 3. The molecule has 0 fully saturated rings. The summed E-state index contributed by atoms with van der Waals surface area (Å²) >= 11 is 0. The quantitative estimate of drug-likeness (QED) is 0.396. The van der Waals surface area contributed by atoms with Crippen LogP contribution in [0.5, 0.6) is 0 Å². The number of aromatic amines is 1. The fourth-order valence-electron chi connectivity index (χ4n) is 2.19. The molecule has 11 nitrogen and oxygen atoms in total. The highest BCUT2D eigenvalue weighted by Gasteiger charge is 2.20. The SMILES string of the molecule is CC(=O)On1c(=O)c(=O)[nH]c2cc([N+](=O)[O-])c(-n3ccnc3)cc21. The van der Waals surface area contributed by atoms with Gasteiger partial charge in [-0.3, -0.25) is 19.7 Å². The number of carbonyl (C=O) groups excluding carboxylic acids is 1. The highest BCUT2D eigenvalue weighted by atomic mass is 16.7. The molecule has 1 N–H and O–H groups in total. The number of nitrogens with zero attached hydrogens (tertiary/aromatic N) is 4. The molecular formula is C13H9N5O6. The van der Waals surface area contributed by atoms with Crippen molar-refractivity contribution in [2.24, 2.45) is 0 Å². The molecule has 122 valence electrons. The molecule has 0 saturated carbocycles. The monoisotopic (exact) mass is 331 g/mol. The molecule has 1 aromatic carbocycles. The molecule has 0 spiro atoms. The average Bonchev–Trinajstić information content (AvgIpc) is 3.04. The van der Waals surface area contributed by atoms with E-state index in [1.807, 2.05) is 0 Å². The summed E-state index contributed by atoms with van der Waals surface area (Å²) in [6.07, 6.45) is 4.21. The zero-order valence-electron chi connectivity index (χ0n) is 12.1. The van der Waals surface area contributed by atoms with E-state index in [9.17, 15) is 24.5 Å². The number of imidazole rings is 1. The molecule has 24 heavy (non-hydrogen) atoms. The predicted molar refractivity (Wildman–Crippen MR) is 79.9 cm³/mol. The van der Waals surface area contributed by atoms with Crippen LogP contribution < -0.4 is 16.0 Å². The molecule has 11 heteroatoms. The topological polar surface area (TPSA) is 142 Å². The first-order valence-electron chi connectivity index (χ1n) is 6.53. The second-order valence-electron chi connectivity index (χ2n) is 4.72. The van der Waals surface area contributed by atoms with E-state index >= 15 is 0 Å². The maximum Gasteiger partial charge on any atom is 0.349 e. The van der Waals surface area contributed by atoms with Gasteiger partial charge in [0.15, 0.2) is 0 Å². The van der Waals surface area contributed by atoms with Gasteiger partial charge in [-0.2, -0.15) is 0 Å². The van der Waals surface area contributed by atoms with Crippen LogP contribution in [0.4, 0.5) is 5.69 Å². The van der Waals surface area contributed by atoms with E-state index in [2.05, 4.69) is 9.97 Å². The molecule has 0 aliphatic carbocycles. The smallest absolute Gasteiger partial charge is 0.333 e. The van der Waals surface area contributed by atoms with Gasteiger partial charge in [-0.25, -0.2) is 9.78 Å². The molecule has 0 aliphatic rings. The molecule has 0 unspecified atom stereocenters. The van der Waals surface area contributed by atoms with Crippen molar-refractivity contribution in [1.29, 1.82) is 0 Å². The summed E-state index contributed by atoms with van der Waals surface area (Å²) < 4.78 is 1.85. The van der Waals surface area contributed by atoms with Gasteiger partial charge >= 0.3 is 17.1 Å². The predicted octanol–water partition coefficient (Wildman–Crippen LogP) is -0.241. The van der Waals surface area contributed by atoms with Gasteiger partial charge in [0, 0.05) is 25.4 Å². The molecule has 0 bridgehead atoms. The van der Waals surface area contributed by atoms with Crippen LogP contribution in [-0.4, -0.2) is 30.2 Å². The number of fused-ring (bicyclic) bond motifs is 1. The van der Waals surface area contributed by atoms with Crippen molar-refractivity contribution >= 4 is 22.7 Å². The van der Waals surface area contributed by atoms with Crippen LogP contribution >= 0.6 is 0 Å². The molecule has 0 saturated heterocycles. The number of carbonyl (C=O) groups is 1. The Labute approximate surface area is 131 Å². The lowest BCUT2D eigenvalue weighted by Gasteiger charge is -2.10. The highest BCUT2D eigenvalue weighted by Crippen LogP contribution is 2.26. The Kier molecular flexibility index (Phi) is 3.45. The lowest BCUT2D eigenvalue weighted by molar-refractivity contribution is -0.384. The molecule has 0 amide bonds. The van der Waals surface area contributed by atoms with E-state index in [4.69, 9.17) is 4.84 Å². The minimum absolute atomic E-state index is 0.0101. The maximum absolute atomic E-state index is 11.9. The summed E-state index contributed by atoms with van der Waals surface area (Å²) in [5.74, 6) is -0.827. The summed E-state index contributed by atoms with van der Waals surface area (Å²) in [6.45, 7) is 1.06. The van der Waals surface area contributed by atoms with Crippen molar-refractivity contribution in [2.45, 2.75) is 6.92 Å². The summed E-state index contributed by atoms with van der Waals surface area (Å²) in [7, 11) is 0. The Morgan fingerprint density at radius 2 is 2.12 bits per heavy atom. The highest BCUT2D eigenvalue weighted by molar-refractivity contribution is 5.82. The Morgan fingerprint density at radius 1 is 1.38 bits per heavy atom. The normalized spacial score (nSPS) is 10.7. The third kappa shape index (κ3) is 2.43. The van der Waals surface area contributed by atoms with Crippen LogP contribution in [0.1, 0.15) is 6.92 Å². The van der Waals surface area contributed by atoms with Crippen molar-refractivity contribution in [1.82, 2.24) is 19.3 Å². The fraction of sp³-hybridized carbons (Fsp3) is 0.0769. The summed E-state index contributed by atoms with van der Waals surface area (Å²) in [5.41, 5.74) is -2.49. The average molecular weight is 331 g/mol. The third-order valence-electron chi connectivity index (χ3n) is 3.14. The van der Waals surface area contributed by atoms with E-state index in [-0.39, 0.29) is 22.4 Å². The second kappa shape index (κ2) is 5.46. The number of hydrogen-bond acceptors (Lipinski definition) is 7. The zero-order valence-corrected chi connectivity index (χ0v) is 12.1. The Bertz CT molecular complexity index is 1080. The largest absolute Gasteiger partial charge is 0.349 e.